The third-order valence-electron chi connectivity index (χ3n) is 4.13. The van der Waals surface area contributed by atoms with Crippen LogP contribution in [0.2, 0.25) is 10.0 Å². The zero-order valence-corrected chi connectivity index (χ0v) is 12.7. The van der Waals surface area contributed by atoms with Crippen molar-refractivity contribution in [1.29, 1.82) is 0 Å². The molecule has 1 aromatic rings. The van der Waals surface area contributed by atoms with Gasteiger partial charge in [0.05, 0.1) is 6.61 Å². The van der Waals surface area contributed by atoms with Crippen LogP contribution in [-0.4, -0.2) is 23.6 Å². The van der Waals surface area contributed by atoms with E-state index in [9.17, 15) is 5.11 Å². The quantitative estimate of drug-likeness (QED) is 0.892. The second-order valence-electron chi connectivity index (χ2n) is 5.48. The Balaban J connectivity index is 1.92. The minimum absolute atomic E-state index is 0.103. The van der Waals surface area contributed by atoms with Crippen molar-refractivity contribution in [2.45, 2.75) is 50.1 Å². The average Bonchev–Trinajstić information content (AvgIpc) is 2.78. The summed E-state index contributed by atoms with van der Waals surface area (Å²) in [6, 6.07) is 5.37. The molecule has 1 saturated carbocycles. The third kappa shape index (κ3) is 2.58. The van der Waals surface area contributed by atoms with Crippen molar-refractivity contribution >= 4 is 23.2 Å². The monoisotopic (exact) mass is 316 g/mol. The molecule has 3 nitrogen and oxygen atoms in total. The second-order valence-corrected chi connectivity index (χ2v) is 6.30. The van der Waals surface area contributed by atoms with Gasteiger partial charge in [-0.25, -0.2) is 0 Å². The largest absolute Gasteiger partial charge is 0.394 e. The van der Waals surface area contributed by atoms with Crippen LogP contribution in [0, 0.1) is 0 Å². The Kier molecular flexibility index (Phi) is 4.25. The highest BCUT2D eigenvalue weighted by atomic mass is 35.5. The molecule has 1 aliphatic carbocycles. The van der Waals surface area contributed by atoms with Gasteiger partial charge in [-0.05, 0) is 25.0 Å². The van der Waals surface area contributed by atoms with Gasteiger partial charge in [-0.1, -0.05) is 35.7 Å². The van der Waals surface area contributed by atoms with E-state index in [1.54, 1.807) is 18.2 Å². The molecular formula is C15H18Cl2O3. The van der Waals surface area contributed by atoms with Crippen molar-refractivity contribution in [3.8, 4) is 0 Å². The normalized spacial score (nSPS) is 28.9. The predicted octanol–water partition coefficient (Wildman–Crippen LogP) is 4.10. The molecule has 0 aromatic heterocycles. The molecule has 1 spiro atoms. The van der Waals surface area contributed by atoms with Crippen LogP contribution in [0.1, 0.15) is 43.8 Å². The Morgan fingerprint density at radius 3 is 2.35 bits per heavy atom. The number of aliphatic hydroxyl groups excluding tert-OH is 1. The summed E-state index contributed by atoms with van der Waals surface area (Å²) < 4.78 is 12.2. The smallest absolute Gasteiger partial charge is 0.169 e. The van der Waals surface area contributed by atoms with Gasteiger partial charge in [-0.15, -0.1) is 0 Å². The van der Waals surface area contributed by atoms with Crippen molar-refractivity contribution in [1.82, 2.24) is 0 Å². The van der Waals surface area contributed by atoms with Crippen LogP contribution in [0.15, 0.2) is 18.2 Å². The zero-order chi connectivity index (χ0) is 14.2. The van der Waals surface area contributed by atoms with Crippen LogP contribution in [0.25, 0.3) is 0 Å². The summed E-state index contributed by atoms with van der Waals surface area (Å²) in [6.07, 6.45) is 4.28. The molecule has 1 aliphatic heterocycles. The average molecular weight is 317 g/mol. The number of hydrogen-bond acceptors (Lipinski definition) is 3. The summed E-state index contributed by atoms with van der Waals surface area (Å²) in [4.78, 5) is 0. The van der Waals surface area contributed by atoms with Crippen molar-refractivity contribution in [3.05, 3.63) is 33.8 Å². The molecule has 2 aliphatic rings. The van der Waals surface area contributed by atoms with Crippen molar-refractivity contribution in [3.63, 3.8) is 0 Å². The van der Waals surface area contributed by atoms with Gasteiger partial charge >= 0.3 is 0 Å². The maximum Gasteiger partial charge on any atom is 0.169 e. The number of rotatable bonds is 2. The van der Waals surface area contributed by atoms with Crippen LogP contribution in [0.3, 0.4) is 0 Å². The lowest BCUT2D eigenvalue weighted by molar-refractivity contribution is -0.196. The maximum absolute atomic E-state index is 9.60. The van der Waals surface area contributed by atoms with Crippen LogP contribution in [0.4, 0.5) is 0 Å². The topological polar surface area (TPSA) is 38.7 Å². The molecular weight excluding hydrogens is 299 g/mol. The van der Waals surface area contributed by atoms with Crippen LogP contribution in [-0.2, 0) is 9.47 Å². The third-order valence-corrected chi connectivity index (χ3v) is 4.78. The van der Waals surface area contributed by atoms with Gasteiger partial charge in [0.15, 0.2) is 5.79 Å². The number of benzene rings is 1. The van der Waals surface area contributed by atoms with Crippen molar-refractivity contribution in [2.75, 3.05) is 6.61 Å². The fraction of sp³-hybridized carbons (Fsp3) is 0.600. The van der Waals surface area contributed by atoms with Gasteiger partial charge < -0.3 is 14.6 Å². The van der Waals surface area contributed by atoms with Crippen LogP contribution in [0.5, 0.6) is 0 Å². The molecule has 3 rings (SSSR count). The van der Waals surface area contributed by atoms with Gasteiger partial charge in [-0.2, -0.15) is 0 Å². The number of aliphatic hydroxyl groups is 1. The summed E-state index contributed by atoms with van der Waals surface area (Å²) in [6.45, 7) is -0.103. The highest BCUT2D eigenvalue weighted by Crippen LogP contribution is 2.48. The van der Waals surface area contributed by atoms with E-state index in [2.05, 4.69) is 0 Å². The van der Waals surface area contributed by atoms with Gasteiger partial charge in [0.2, 0.25) is 0 Å². The molecule has 0 radical (unpaired) electrons. The Hall–Kier alpha value is -0.320. The summed E-state index contributed by atoms with van der Waals surface area (Å²) in [5, 5.41) is 10.7. The molecule has 2 fully saturated rings. The van der Waals surface area contributed by atoms with Gasteiger partial charge in [0.25, 0.3) is 0 Å². The molecule has 1 N–H and O–H groups in total. The fourth-order valence-electron chi connectivity index (χ4n) is 3.16. The minimum Gasteiger partial charge on any atom is -0.394 e. The van der Waals surface area contributed by atoms with E-state index in [4.69, 9.17) is 32.7 Å². The van der Waals surface area contributed by atoms with E-state index in [1.165, 1.54) is 6.42 Å². The first-order valence-corrected chi connectivity index (χ1v) is 7.81. The SMILES string of the molecule is OC[C@H]1OC2(CCCCC2)O[C@@H]1c1c(Cl)cccc1Cl. The van der Waals surface area contributed by atoms with E-state index < -0.39 is 18.0 Å². The van der Waals surface area contributed by atoms with E-state index in [-0.39, 0.29) is 6.61 Å². The first-order valence-electron chi connectivity index (χ1n) is 7.06. The molecule has 2 atom stereocenters. The highest BCUT2D eigenvalue weighted by Gasteiger charge is 2.49. The zero-order valence-electron chi connectivity index (χ0n) is 11.1. The Labute approximate surface area is 128 Å². The first-order chi connectivity index (χ1) is 9.65. The van der Waals surface area contributed by atoms with Crippen molar-refractivity contribution < 1.29 is 14.6 Å². The van der Waals surface area contributed by atoms with E-state index in [0.717, 1.165) is 31.2 Å². The molecule has 0 unspecified atom stereocenters. The molecule has 1 heterocycles. The Morgan fingerprint density at radius 1 is 1.10 bits per heavy atom. The maximum atomic E-state index is 9.60. The number of ether oxygens (including phenoxy) is 2. The van der Waals surface area contributed by atoms with E-state index in [0.29, 0.717) is 10.0 Å². The van der Waals surface area contributed by atoms with Gasteiger partial charge in [0, 0.05) is 28.5 Å². The second kappa shape index (κ2) is 5.82. The van der Waals surface area contributed by atoms with Gasteiger partial charge in [-0.3, -0.25) is 0 Å². The summed E-state index contributed by atoms with van der Waals surface area (Å²) >= 11 is 12.5. The van der Waals surface area contributed by atoms with Crippen LogP contribution >= 0.6 is 23.2 Å². The fourth-order valence-corrected chi connectivity index (χ4v) is 3.77. The van der Waals surface area contributed by atoms with E-state index >= 15 is 0 Å². The number of hydrogen-bond donors (Lipinski definition) is 1. The minimum atomic E-state index is -0.571. The number of halogens is 2. The Morgan fingerprint density at radius 2 is 1.75 bits per heavy atom. The van der Waals surface area contributed by atoms with Crippen molar-refractivity contribution in [2.24, 2.45) is 0 Å². The lowest BCUT2D eigenvalue weighted by Crippen LogP contribution is -2.33. The predicted molar refractivity (Wildman–Crippen MR) is 78.1 cm³/mol. The first kappa shape index (κ1) is 14.6. The van der Waals surface area contributed by atoms with E-state index in [1.807, 2.05) is 0 Å². The molecule has 0 amide bonds. The highest BCUT2D eigenvalue weighted by molar-refractivity contribution is 6.36. The summed E-state index contributed by atoms with van der Waals surface area (Å²) in [7, 11) is 0. The lowest BCUT2D eigenvalue weighted by Gasteiger charge is -2.32. The van der Waals surface area contributed by atoms with Gasteiger partial charge in [0.1, 0.15) is 12.2 Å². The Bertz CT molecular complexity index is 466. The lowest BCUT2D eigenvalue weighted by atomic mass is 9.94. The molecule has 20 heavy (non-hydrogen) atoms. The summed E-state index contributed by atoms with van der Waals surface area (Å²) in [5.41, 5.74) is 0.720. The summed E-state index contributed by atoms with van der Waals surface area (Å²) in [5.74, 6) is -0.571. The molecule has 0 bridgehead atoms. The standard InChI is InChI=1S/C15H18Cl2O3/c16-10-5-4-6-11(17)13(10)14-12(9-18)19-15(20-14)7-2-1-3-8-15/h4-6,12,14,18H,1-3,7-9H2/t12-,14+/m1/s1. The molecule has 1 aromatic carbocycles. The molecule has 110 valence electrons. The molecule has 5 heteroatoms. The van der Waals surface area contributed by atoms with Crippen LogP contribution < -0.4 is 0 Å². The molecule has 1 saturated heterocycles.